The molecular weight excluding hydrogens is 353 g/mol. The van der Waals surface area contributed by atoms with Crippen LogP contribution >= 0.6 is 0 Å². The summed E-state index contributed by atoms with van der Waals surface area (Å²) in [6.45, 7) is 3.60. The van der Waals surface area contributed by atoms with E-state index in [0.717, 1.165) is 28.1 Å². The molecule has 3 heterocycles. The van der Waals surface area contributed by atoms with Gasteiger partial charge in [0.05, 0.1) is 22.5 Å². The fraction of sp³-hybridized carbons (Fsp3) is 0.111. The fourth-order valence-electron chi connectivity index (χ4n) is 3.23. The number of nitrogen functional groups attached to an aromatic ring is 1. The highest BCUT2D eigenvalue weighted by molar-refractivity contribution is 6.23. The van der Waals surface area contributed by atoms with Crippen molar-refractivity contribution in [2.45, 2.75) is 13.8 Å². The average Bonchev–Trinajstić information content (AvgIpc) is 3.06. The van der Waals surface area contributed by atoms with Crippen molar-refractivity contribution < 1.29 is 14.0 Å². The Morgan fingerprint density at radius 2 is 1.81 bits per heavy atom. The number of halogens is 1. The number of nitrogens with two attached hydrogens (primary N) is 1. The Balaban J connectivity index is 1.89. The van der Waals surface area contributed by atoms with Crippen molar-refractivity contribution >= 4 is 17.6 Å². The van der Waals surface area contributed by atoms with Crippen LogP contribution in [0.25, 0.3) is 11.4 Å². The lowest BCUT2D eigenvalue weighted by molar-refractivity contribution is 0.0880. The van der Waals surface area contributed by atoms with Gasteiger partial charge in [-0.25, -0.2) is 9.07 Å². The Morgan fingerprint density at radius 1 is 1.07 bits per heavy atom. The van der Waals surface area contributed by atoms with Crippen LogP contribution in [0.4, 0.5) is 10.2 Å². The van der Waals surface area contributed by atoms with Gasteiger partial charge in [0.1, 0.15) is 11.5 Å². The van der Waals surface area contributed by atoms with E-state index < -0.39 is 23.2 Å². The summed E-state index contributed by atoms with van der Waals surface area (Å²) < 4.78 is 17.2. The van der Waals surface area contributed by atoms with Crippen molar-refractivity contribution in [1.29, 1.82) is 0 Å². The number of pyridine rings is 1. The van der Waals surface area contributed by atoms with Crippen LogP contribution in [0.15, 0.2) is 35.1 Å². The second-order valence-corrected chi connectivity index (χ2v) is 6.25. The SMILES string of the molecule is Cc1cc(C)n(-c2ccc(-n3c(N)c4c(cc3=O)C(=O)NC4=O)cc2F)n1. The van der Waals surface area contributed by atoms with Gasteiger partial charge in [-0.2, -0.15) is 5.10 Å². The lowest BCUT2D eigenvalue weighted by Gasteiger charge is -2.13. The summed E-state index contributed by atoms with van der Waals surface area (Å²) in [6, 6.07) is 6.91. The number of hydrogen-bond donors (Lipinski definition) is 2. The number of aromatic nitrogens is 3. The summed E-state index contributed by atoms with van der Waals surface area (Å²) in [4.78, 5) is 36.1. The van der Waals surface area contributed by atoms with E-state index in [0.29, 0.717) is 0 Å². The number of nitrogens with zero attached hydrogens (tertiary/aromatic N) is 3. The van der Waals surface area contributed by atoms with Crippen LogP contribution in [0.5, 0.6) is 0 Å². The number of amides is 2. The Bertz CT molecular complexity index is 1210. The van der Waals surface area contributed by atoms with E-state index in [4.69, 9.17) is 5.73 Å². The van der Waals surface area contributed by atoms with E-state index in [1.54, 1.807) is 13.8 Å². The van der Waals surface area contributed by atoms with Gasteiger partial charge < -0.3 is 5.73 Å². The molecular formula is C18H14FN5O3. The van der Waals surface area contributed by atoms with E-state index in [1.165, 1.54) is 16.8 Å². The first-order valence-electron chi connectivity index (χ1n) is 8.02. The molecule has 1 aromatic carbocycles. The maximum atomic E-state index is 14.7. The lowest BCUT2D eigenvalue weighted by atomic mass is 10.1. The molecule has 3 aromatic rings. The van der Waals surface area contributed by atoms with Crippen LogP contribution in [0.2, 0.25) is 0 Å². The third-order valence-electron chi connectivity index (χ3n) is 4.38. The molecule has 1 aliphatic rings. The highest BCUT2D eigenvalue weighted by Crippen LogP contribution is 2.25. The molecule has 0 aliphatic carbocycles. The summed E-state index contributed by atoms with van der Waals surface area (Å²) in [5, 5.41) is 6.32. The highest BCUT2D eigenvalue weighted by atomic mass is 19.1. The summed E-state index contributed by atoms with van der Waals surface area (Å²) in [6.07, 6.45) is 0. The minimum atomic E-state index is -0.694. The average molecular weight is 367 g/mol. The van der Waals surface area contributed by atoms with Gasteiger partial charge in [0, 0.05) is 17.8 Å². The van der Waals surface area contributed by atoms with Gasteiger partial charge in [0.2, 0.25) is 0 Å². The zero-order valence-corrected chi connectivity index (χ0v) is 14.4. The minimum Gasteiger partial charge on any atom is -0.384 e. The largest absolute Gasteiger partial charge is 0.384 e. The van der Waals surface area contributed by atoms with Crippen molar-refractivity contribution in [1.82, 2.24) is 19.7 Å². The van der Waals surface area contributed by atoms with E-state index in [2.05, 4.69) is 10.4 Å². The zero-order chi connectivity index (χ0) is 19.5. The van der Waals surface area contributed by atoms with Gasteiger partial charge in [-0.1, -0.05) is 0 Å². The van der Waals surface area contributed by atoms with Gasteiger partial charge in [-0.3, -0.25) is 24.3 Å². The number of rotatable bonds is 2. The molecule has 27 heavy (non-hydrogen) atoms. The second-order valence-electron chi connectivity index (χ2n) is 6.25. The molecule has 2 aromatic heterocycles. The first kappa shape index (κ1) is 16.7. The maximum absolute atomic E-state index is 14.7. The number of fused-ring (bicyclic) bond motifs is 1. The number of anilines is 1. The van der Waals surface area contributed by atoms with Crippen LogP contribution in [-0.2, 0) is 0 Å². The third kappa shape index (κ3) is 2.43. The number of carbonyl (C=O) groups is 2. The Hall–Kier alpha value is -3.75. The molecule has 0 unspecified atom stereocenters. The van der Waals surface area contributed by atoms with Crippen LogP contribution < -0.4 is 16.6 Å². The molecule has 1 aliphatic heterocycles. The molecule has 2 amide bonds. The van der Waals surface area contributed by atoms with Gasteiger partial charge in [-0.15, -0.1) is 0 Å². The molecule has 0 atom stereocenters. The minimum absolute atomic E-state index is 0.0847. The summed E-state index contributed by atoms with van der Waals surface area (Å²) in [7, 11) is 0. The van der Waals surface area contributed by atoms with Gasteiger partial charge in [-0.05, 0) is 32.0 Å². The molecule has 0 bridgehead atoms. The van der Waals surface area contributed by atoms with Gasteiger partial charge >= 0.3 is 0 Å². The van der Waals surface area contributed by atoms with Crippen LogP contribution in [0.3, 0.4) is 0 Å². The number of benzene rings is 1. The lowest BCUT2D eigenvalue weighted by Crippen LogP contribution is -2.24. The molecule has 136 valence electrons. The summed E-state index contributed by atoms with van der Waals surface area (Å²) in [5.74, 6) is -2.22. The Morgan fingerprint density at radius 3 is 2.44 bits per heavy atom. The second kappa shape index (κ2) is 5.63. The van der Waals surface area contributed by atoms with Crippen molar-refractivity contribution in [3.05, 3.63) is 69.0 Å². The fourth-order valence-corrected chi connectivity index (χ4v) is 3.23. The van der Waals surface area contributed by atoms with Crippen LogP contribution in [0, 0.1) is 19.7 Å². The van der Waals surface area contributed by atoms with Crippen molar-refractivity contribution in [2.75, 3.05) is 5.73 Å². The number of aryl methyl sites for hydroxylation is 2. The van der Waals surface area contributed by atoms with Gasteiger partial charge in [0.15, 0.2) is 5.82 Å². The first-order valence-corrected chi connectivity index (χ1v) is 8.02. The summed E-state index contributed by atoms with van der Waals surface area (Å²) >= 11 is 0. The van der Waals surface area contributed by atoms with Crippen molar-refractivity contribution in [3.8, 4) is 11.4 Å². The third-order valence-corrected chi connectivity index (χ3v) is 4.38. The van der Waals surface area contributed by atoms with Crippen LogP contribution in [0.1, 0.15) is 32.1 Å². The molecule has 8 nitrogen and oxygen atoms in total. The normalized spacial score (nSPS) is 13.0. The molecule has 0 spiro atoms. The molecule has 0 radical (unpaired) electrons. The molecule has 3 N–H and O–H groups in total. The topological polar surface area (TPSA) is 112 Å². The molecule has 9 heteroatoms. The number of hydrogen-bond acceptors (Lipinski definition) is 5. The standard InChI is InChI=1S/C18H14FN5O3/c1-8-5-9(2)24(22-8)13-4-3-10(6-12(13)19)23-14(25)7-11-15(16(23)20)18(27)21-17(11)26/h3-7H,20H2,1-2H3,(H,21,26,27). The number of carbonyl (C=O) groups excluding carboxylic acids is 2. The molecule has 4 rings (SSSR count). The van der Waals surface area contributed by atoms with E-state index in [9.17, 15) is 18.8 Å². The Labute approximate surface area is 152 Å². The quantitative estimate of drug-likeness (QED) is 0.662. The van der Waals surface area contributed by atoms with Crippen molar-refractivity contribution in [3.63, 3.8) is 0 Å². The monoisotopic (exact) mass is 367 g/mol. The molecule has 0 saturated carbocycles. The van der Waals surface area contributed by atoms with E-state index in [1.807, 2.05) is 6.07 Å². The molecule has 0 fully saturated rings. The van der Waals surface area contributed by atoms with Gasteiger partial charge in [0.25, 0.3) is 17.4 Å². The van der Waals surface area contributed by atoms with E-state index >= 15 is 0 Å². The molecule has 0 saturated heterocycles. The smallest absolute Gasteiger partial charge is 0.262 e. The zero-order valence-electron chi connectivity index (χ0n) is 14.4. The Kier molecular flexibility index (Phi) is 3.48. The number of nitrogens with one attached hydrogen (secondary N) is 1. The van der Waals surface area contributed by atoms with Crippen LogP contribution in [-0.4, -0.2) is 26.2 Å². The summed E-state index contributed by atoms with van der Waals surface area (Å²) in [5.41, 5.74) is 6.98. The first-order chi connectivity index (χ1) is 12.8. The predicted octanol–water partition coefficient (Wildman–Crippen LogP) is 1.24. The number of imide groups is 1. The van der Waals surface area contributed by atoms with E-state index in [-0.39, 0.29) is 28.3 Å². The van der Waals surface area contributed by atoms with Crippen molar-refractivity contribution in [2.24, 2.45) is 0 Å². The predicted molar refractivity (Wildman–Crippen MR) is 94.8 cm³/mol. The maximum Gasteiger partial charge on any atom is 0.262 e. The highest BCUT2D eigenvalue weighted by Gasteiger charge is 2.32.